The molecule has 11 heteroatoms. The number of primary amides is 1. The van der Waals surface area contributed by atoms with Crippen LogP contribution in [0.5, 0.6) is 0 Å². The van der Waals surface area contributed by atoms with Gasteiger partial charge < -0.3 is 40.6 Å². The number of likely N-dealkylation sites (N-methyl/N-ethyl adjacent to an activating group) is 1. The molecule has 2 aliphatic carbocycles. The van der Waals surface area contributed by atoms with Gasteiger partial charge in [0.1, 0.15) is 5.76 Å². The van der Waals surface area contributed by atoms with Gasteiger partial charge in [0.05, 0.1) is 35.0 Å². The summed E-state index contributed by atoms with van der Waals surface area (Å²) in [6, 6.07) is 9.39. The van der Waals surface area contributed by atoms with Crippen molar-refractivity contribution in [3.8, 4) is 0 Å². The molecule has 1 unspecified atom stereocenters. The first kappa shape index (κ1) is 34.5. The Bertz CT molecular complexity index is 1720. The van der Waals surface area contributed by atoms with E-state index in [0.717, 1.165) is 55.7 Å². The molecule has 2 aliphatic rings. The fraction of sp³-hybridized carbons (Fsp3) is 0.378. The number of carbonyl (C=O) groups is 2. The molecule has 2 heterocycles. The number of nitrogens with two attached hydrogens (primary N) is 1. The summed E-state index contributed by atoms with van der Waals surface area (Å²) in [5.41, 5.74) is 11.1. The van der Waals surface area contributed by atoms with Crippen molar-refractivity contribution in [2.45, 2.75) is 38.1 Å². The van der Waals surface area contributed by atoms with Crippen molar-refractivity contribution in [3.63, 3.8) is 0 Å². The van der Waals surface area contributed by atoms with Crippen LogP contribution >= 0.6 is 0 Å². The Morgan fingerprint density at radius 3 is 2.58 bits per heavy atom. The number of fused-ring (bicyclic) bond motifs is 1. The van der Waals surface area contributed by atoms with E-state index in [-0.39, 0.29) is 12.1 Å². The highest BCUT2D eigenvalue weighted by Gasteiger charge is 2.20. The fourth-order valence-corrected chi connectivity index (χ4v) is 5.82. The van der Waals surface area contributed by atoms with Gasteiger partial charge in [-0.15, -0.1) is 0 Å². The molecule has 254 valence electrons. The lowest BCUT2D eigenvalue weighted by molar-refractivity contribution is 0.100. The minimum Gasteiger partial charge on any atom is -0.498 e. The number of nitrogens with one attached hydrogen (secondary N) is 3. The van der Waals surface area contributed by atoms with Crippen LogP contribution < -0.4 is 21.7 Å². The number of anilines is 2. The smallest absolute Gasteiger partial charge is 0.319 e. The minimum atomic E-state index is -0.562. The molecule has 3 aromatic rings. The molecule has 1 atom stereocenters. The summed E-state index contributed by atoms with van der Waals surface area (Å²) in [6.07, 6.45) is 15.7. The topological polar surface area (TPSA) is 138 Å². The second-order valence-corrected chi connectivity index (χ2v) is 12.7. The average Bonchev–Trinajstić information content (AvgIpc) is 3.50. The van der Waals surface area contributed by atoms with Crippen LogP contribution in [0.2, 0.25) is 0 Å². The third kappa shape index (κ3) is 9.36. The maximum absolute atomic E-state index is 12.7. The number of pyridine rings is 1. The number of rotatable bonds is 15. The van der Waals surface area contributed by atoms with Crippen LogP contribution in [0.15, 0.2) is 82.7 Å². The second-order valence-electron chi connectivity index (χ2n) is 12.7. The summed E-state index contributed by atoms with van der Waals surface area (Å²) >= 11 is 0. The number of ether oxygens (including phenoxy) is 1. The van der Waals surface area contributed by atoms with Crippen molar-refractivity contribution in [3.05, 3.63) is 95.1 Å². The van der Waals surface area contributed by atoms with Gasteiger partial charge in [-0.2, -0.15) is 0 Å². The molecule has 3 amide bonds. The van der Waals surface area contributed by atoms with Crippen LogP contribution in [0.1, 0.15) is 47.4 Å². The maximum Gasteiger partial charge on any atom is 0.319 e. The van der Waals surface area contributed by atoms with Crippen molar-refractivity contribution >= 4 is 40.0 Å². The monoisotopic (exact) mass is 653 g/mol. The zero-order chi connectivity index (χ0) is 34.0. The SMILES string of the molecule is CN(C)CCCOC1=CC=C(c2cc3c(NCCc4ccc(NC(=O)NC5CC=CC=C5CN(C)C)cc4)c(C(N)=O)cnc3o2)CC1. The molecule has 5 rings (SSSR count). The Kier molecular flexibility index (Phi) is 11.7. The maximum atomic E-state index is 12.7. The van der Waals surface area contributed by atoms with E-state index in [9.17, 15) is 9.59 Å². The molecule has 0 bridgehead atoms. The highest BCUT2D eigenvalue weighted by Crippen LogP contribution is 2.35. The van der Waals surface area contributed by atoms with Gasteiger partial charge in [0.2, 0.25) is 5.71 Å². The number of aromatic nitrogens is 1. The third-order valence-electron chi connectivity index (χ3n) is 8.29. The van der Waals surface area contributed by atoms with Gasteiger partial charge in [-0.3, -0.25) is 4.79 Å². The van der Waals surface area contributed by atoms with E-state index in [0.29, 0.717) is 53.4 Å². The molecule has 0 spiro atoms. The standard InChI is InChI=1S/C37H47N7O4/c1-43(2)20-7-21-47-29-16-12-26(13-17-29)33-22-30-34(31(35(38)45)23-40-36(30)48-33)39-19-18-25-10-14-28(15-11-25)41-37(46)42-32-9-6-5-8-27(32)24-44(3)4/h5-6,8,10-12,14-16,22-23,32H,7,9,13,17-21,24H2,1-4H3,(H2,38,45)(H,39,40)(H2,41,42,46). The molecule has 0 fully saturated rings. The molecule has 0 aliphatic heterocycles. The van der Waals surface area contributed by atoms with Gasteiger partial charge in [-0.25, -0.2) is 9.78 Å². The Hall–Kier alpha value is -4.87. The average molecular weight is 654 g/mol. The molecule has 11 nitrogen and oxygen atoms in total. The van der Waals surface area contributed by atoms with Crippen LogP contribution in [0.4, 0.5) is 16.2 Å². The molecule has 1 aromatic carbocycles. The third-order valence-corrected chi connectivity index (χ3v) is 8.29. The van der Waals surface area contributed by atoms with E-state index in [2.05, 4.69) is 57.0 Å². The van der Waals surface area contributed by atoms with E-state index < -0.39 is 5.91 Å². The largest absolute Gasteiger partial charge is 0.498 e. The van der Waals surface area contributed by atoms with Crippen LogP contribution in [0, 0.1) is 0 Å². The molecular formula is C37H47N7O4. The number of amides is 3. The van der Waals surface area contributed by atoms with Gasteiger partial charge in [0, 0.05) is 37.9 Å². The Morgan fingerprint density at radius 1 is 1.06 bits per heavy atom. The number of hydrogen-bond donors (Lipinski definition) is 4. The van der Waals surface area contributed by atoms with Gasteiger partial charge in [0.15, 0.2) is 0 Å². The van der Waals surface area contributed by atoms with Crippen LogP contribution in [0.3, 0.4) is 0 Å². The van der Waals surface area contributed by atoms with Crippen molar-refractivity contribution in [1.29, 1.82) is 0 Å². The predicted octanol–water partition coefficient (Wildman–Crippen LogP) is 5.55. The summed E-state index contributed by atoms with van der Waals surface area (Å²) in [7, 11) is 8.15. The van der Waals surface area contributed by atoms with Gasteiger partial charge >= 0.3 is 6.03 Å². The predicted molar refractivity (Wildman–Crippen MR) is 192 cm³/mol. The summed E-state index contributed by atoms with van der Waals surface area (Å²) in [4.78, 5) is 33.7. The van der Waals surface area contributed by atoms with Crippen LogP contribution in [0.25, 0.3) is 16.7 Å². The first-order valence-electron chi connectivity index (χ1n) is 16.5. The highest BCUT2D eigenvalue weighted by atomic mass is 16.5. The Morgan fingerprint density at radius 2 is 1.88 bits per heavy atom. The summed E-state index contributed by atoms with van der Waals surface area (Å²) < 4.78 is 12.1. The number of carbonyl (C=O) groups excluding carboxylic acids is 2. The Labute approximate surface area is 282 Å². The number of allylic oxidation sites excluding steroid dienone is 6. The van der Waals surface area contributed by atoms with E-state index in [1.165, 1.54) is 11.8 Å². The molecular weight excluding hydrogens is 606 g/mol. The summed E-state index contributed by atoms with van der Waals surface area (Å²) in [6.45, 7) is 3.02. The normalized spacial score (nSPS) is 16.0. The number of furan rings is 1. The zero-order valence-electron chi connectivity index (χ0n) is 28.3. The van der Waals surface area contributed by atoms with Gasteiger partial charge in [-0.1, -0.05) is 36.4 Å². The summed E-state index contributed by atoms with van der Waals surface area (Å²) in [5.74, 6) is 1.12. The van der Waals surface area contributed by atoms with E-state index in [4.69, 9.17) is 14.9 Å². The second kappa shape index (κ2) is 16.3. The fourth-order valence-electron chi connectivity index (χ4n) is 5.82. The highest BCUT2D eigenvalue weighted by molar-refractivity contribution is 6.06. The molecule has 0 radical (unpaired) electrons. The van der Waals surface area contributed by atoms with Gasteiger partial charge in [-0.05, 0) is 94.9 Å². The quantitative estimate of drug-likeness (QED) is 0.157. The number of nitrogens with zero attached hydrogens (tertiary/aromatic N) is 3. The lowest BCUT2D eigenvalue weighted by atomic mass is 9.98. The van der Waals surface area contributed by atoms with Crippen molar-refractivity contribution < 1.29 is 18.7 Å². The van der Waals surface area contributed by atoms with E-state index >= 15 is 0 Å². The Balaban J connectivity index is 1.18. The van der Waals surface area contributed by atoms with Crippen molar-refractivity contribution in [1.82, 2.24) is 20.1 Å². The molecule has 0 saturated carbocycles. The number of benzene rings is 1. The van der Waals surface area contributed by atoms with E-state index in [1.807, 2.05) is 62.7 Å². The number of hydrogen-bond acceptors (Lipinski definition) is 8. The molecule has 2 aromatic heterocycles. The van der Waals surface area contributed by atoms with Crippen molar-refractivity contribution in [2.75, 3.05) is 65.1 Å². The van der Waals surface area contributed by atoms with Gasteiger partial charge in [0.25, 0.3) is 5.91 Å². The zero-order valence-corrected chi connectivity index (χ0v) is 28.3. The first-order valence-corrected chi connectivity index (χ1v) is 16.5. The van der Waals surface area contributed by atoms with Crippen molar-refractivity contribution in [2.24, 2.45) is 5.73 Å². The minimum absolute atomic E-state index is 0.0364. The molecule has 5 N–H and O–H groups in total. The lowest BCUT2D eigenvalue weighted by Crippen LogP contribution is -2.41. The van der Waals surface area contributed by atoms with E-state index in [1.54, 1.807) is 0 Å². The molecule has 48 heavy (non-hydrogen) atoms. The summed E-state index contributed by atoms with van der Waals surface area (Å²) in [5, 5.41) is 10.1. The van der Waals surface area contributed by atoms with Crippen LogP contribution in [-0.4, -0.2) is 87.2 Å². The first-order chi connectivity index (χ1) is 23.2. The van der Waals surface area contributed by atoms with Crippen LogP contribution in [-0.2, 0) is 11.2 Å². The lowest BCUT2D eigenvalue weighted by Gasteiger charge is -2.25. The number of urea groups is 1. The molecule has 0 saturated heterocycles.